The Bertz CT molecular complexity index is 1210. The van der Waals surface area contributed by atoms with Crippen molar-refractivity contribution in [2.45, 2.75) is 32.2 Å². The SMILES string of the molecule is CC(NC(=O)c1cnc2n1CCNC2)c1ncc(C(=O)Nc2cc(C(F)(F)F)c(Cl)cn2)s1. The lowest BCUT2D eigenvalue weighted by molar-refractivity contribution is -0.137. The summed E-state index contributed by atoms with van der Waals surface area (Å²) in [5.74, 6) is -0.531. The van der Waals surface area contributed by atoms with Gasteiger partial charge in [0.2, 0.25) is 0 Å². The predicted octanol–water partition coefficient (Wildman–Crippen LogP) is 3.25. The molecule has 0 spiro atoms. The van der Waals surface area contributed by atoms with Crippen LogP contribution in [0.2, 0.25) is 5.02 Å². The molecule has 1 unspecified atom stereocenters. The fourth-order valence-corrected chi connectivity index (χ4v) is 4.23. The molecule has 0 aliphatic carbocycles. The number of amides is 2. The van der Waals surface area contributed by atoms with E-state index in [1.165, 1.54) is 12.4 Å². The number of fused-ring (bicyclic) bond motifs is 1. The molecule has 1 aliphatic rings. The monoisotopic (exact) mass is 499 g/mol. The lowest BCUT2D eigenvalue weighted by atomic mass is 10.2. The number of pyridine rings is 1. The molecule has 1 aliphatic heterocycles. The van der Waals surface area contributed by atoms with Crippen LogP contribution in [0.15, 0.2) is 24.7 Å². The van der Waals surface area contributed by atoms with Gasteiger partial charge >= 0.3 is 6.18 Å². The number of hydrogen-bond acceptors (Lipinski definition) is 7. The molecule has 14 heteroatoms. The molecule has 0 bridgehead atoms. The molecule has 9 nitrogen and oxygen atoms in total. The minimum atomic E-state index is -4.68. The van der Waals surface area contributed by atoms with Crippen molar-refractivity contribution < 1.29 is 22.8 Å². The number of carbonyl (C=O) groups excluding carboxylic acids is 2. The first kappa shape index (κ1) is 23.1. The van der Waals surface area contributed by atoms with E-state index >= 15 is 0 Å². The molecular weight excluding hydrogens is 483 g/mol. The van der Waals surface area contributed by atoms with Gasteiger partial charge in [-0.05, 0) is 13.0 Å². The highest BCUT2D eigenvalue weighted by Gasteiger charge is 2.34. The molecule has 3 aromatic rings. The Morgan fingerprint density at radius 2 is 2.00 bits per heavy atom. The zero-order chi connectivity index (χ0) is 23.8. The lowest BCUT2D eigenvalue weighted by Gasteiger charge is -2.18. The number of nitrogens with one attached hydrogen (secondary N) is 3. The maximum absolute atomic E-state index is 13.0. The van der Waals surface area contributed by atoms with Crippen LogP contribution in [0.4, 0.5) is 19.0 Å². The van der Waals surface area contributed by atoms with Crippen molar-refractivity contribution in [3.05, 3.63) is 56.6 Å². The van der Waals surface area contributed by atoms with Crippen molar-refractivity contribution in [3.63, 3.8) is 0 Å². The Hall–Kier alpha value is -3.03. The number of carbonyl (C=O) groups is 2. The Kier molecular flexibility index (Phi) is 6.36. The van der Waals surface area contributed by atoms with E-state index in [1.54, 1.807) is 6.92 Å². The van der Waals surface area contributed by atoms with Crippen LogP contribution in [0, 0.1) is 0 Å². The van der Waals surface area contributed by atoms with E-state index in [-0.39, 0.29) is 16.6 Å². The maximum atomic E-state index is 13.0. The topological polar surface area (TPSA) is 114 Å². The van der Waals surface area contributed by atoms with E-state index < -0.39 is 28.7 Å². The second-order valence-corrected chi connectivity index (χ2v) is 8.62. The first-order chi connectivity index (χ1) is 15.6. The van der Waals surface area contributed by atoms with E-state index in [1.807, 2.05) is 4.57 Å². The van der Waals surface area contributed by atoms with E-state index in [9.17, 15) is 22.8 Å². The number of nitrogens with zero attached hydrogens (tertiary/aromatic N) is 4. The second-order valence-electron chi connectivity index (χ2n) is 7.15. The van der Waals surface area contributed by atoms with Crippen LogP contribution in [0.25, 0.3) is 0 Å². The van der Waals surface area contributed by atoms with Crippen LogP contribution in [0.3, 0.4) is 0 Å². The molecular formula is C19H17ClF3N7O2S. The van der Waals surface area contributed by atoms with Gasteiger partial charge in [-0.3, -0.25) is 9.59 Å². The van der Waals surface area contributed by atoms with Gasteiger partial charge in [0.15, 0.2) is 0 Å². The van der Waals surface area contributed by atoms with E-state index in [0.717, 1.165) is 29.9 Å². The van der Waals surface area contributed by atoms with Gasteiger partial charge < -0.3 is 20.5 Å². The smallest absolute Gasteiger partial charge is 0.342 e. The van der Waals surface area contributed by atoms with Crippen molar-refractivity contribution in [2.24, 2.45) is 0 Å². The molecule has 0 fully saturated rings. The van der Waals surface area contributed by atoms with Crippen molar-refractivity contribution >= 4 is 40.6 Å². The third kappa shape index (κ3) is 4.99. The quantitative estimate of drug-likeness (QED) is 0.496. The zero-order valence-electron chi connectivity index (χ0n) is 17.0. The third-order valence-electron chi connectivity index (χ3n) is 4.83. The van der Waals surface area contributed by atoms with E-state index in [0.29, 0.717) is 29.9 Å². The van der Waals surface area contributed by atoms with Crippen LogP contribution >= 0.6 is 22.9 Å². The van der Waals surface area contributed by atoms with Crippen LogP contribution < -0.4 is 16.0 Å². The van der Waals surface area contributed by atoms with Crippen molar-refractivity contribution in [2.75, 3.05) is 11.9 Å². The highest BCUT2D eigenvalue weighted by Crippen LogP contribution is 2.35. The van der Waals surface area contributed by atoms with Gasteiger partial charge in [0, 0.05) is 19.3 Å². The van der Waals surface area contributed by atoms with Gasteiger partial charge in [-0.1, -0.05) is 11.6 Å². The fourth-order valence-electron chi connectivity index (χ4n) is 3.20. The zero-order valence-corrected chi connectivity index (χ0v) is 18.6. The summed E-state index contributed by atoms with van der Waals surface area (Å²) in [4.78, 5) is 37.4. The summed E-state index contributed by atoms with van der Waals surface area (Å²) in [6, 6.07) is 0.148. The minimum absolute atomic E-state index is 0.143. The fraction of sp³-hybridized carbons (Fsp3) is 0.316. The molecule has 0 saturated carbocycles. The summed E-state index contributed by atoms with van der Waals surface area (Å²) in [6.45, 7) is 3.66. The molecule has 0 saturated heterocycles. The van der Waals surface area contributed by atoms with Gasteiger partial charge in [-0.25, -0.2) is 15.0 Å². The molecule has 3 N–H and O–H groups in total. The number of imidazole rings is 1. The molecule has 2 amide bonds. The van der Waals surface area contributed by atoms with Gasteiger partial charge in [0.05, 0.1) is 35.6 Å². The summed E-state index contributed by atoms with van der Waals surface area (Å²) in [5, 5.41) is 8.19. The largest absolute Gasteiger partial charge is 0.418 e. The Morgan fingerprint density at radius 3 is 2.76 bits per heavy atom. The number of halogens is 4. The second kappa shape index (κ2) is 9.08. The van der Waals surface area contributed by atoms with Gasteiger partial charge in [0.25, 0.3) is 11.8 Å². The first-order valence-corrected chi connectivity index (χ1v) is 10.9. The molecule has 4 rings (SSSR count). The Balaban J connectivity index is 1.43. The first-order valence-electron chi connectivity index (χ1n) is 9.69. The van der Waals surface area contributed by atoms with Gasteiger partial charge in [0.1, 0.15) is 27.2 Å². The number of aromatic nitrogens is 4. The van der Waals surface area contributed by atoms with Crippen LogP contribution in [0.5, 0.6) is 0 Å². The van der Waals surface area contributed by atoms with E-state index in [4.69, 9.17) is 11.6 Å². The molecule has 1 atom stereocenters. The summed E-state index contributed by atoms with van der Waals surface area (Å²) < 4.78 is 40.9. The average Bonchev–Trinajstić information content (AvgIpc) is 3.42. The number of thiazole rings is 1. The Labute approximate surface area is 194 Å². The number of hydrogen-bond donors (Lipinski definition) is 3. The summed E-state index contributed by atoms with van der Waals surface area (Å²) in [7, 11) is 0. The number of rotatable bonds is 5. The van der Waals surface area contributed by atoms with Crippen LogP contribution in [0.1, 0.15) is 49.5 Å². The third-order valence-corrected chi connectivity index (χ3v) is 6.31. The molecule has 4 heterocycles. The van der Waals surface area contributed by atoms with Crippen LogP contribution in [-0.2, 0) is 19.3 Å². The highest BCUT2D eigenvalue weighted by molar-refractivity contribution is 7.13. The lowest BCUT2D eigenvalue weighted by Crippen LogP contribution is -2.33. The standard InChI is InChI=1S/C19H17ClF3N7O2S/c1-9(28-16(31)12-6-26-15-8-24-2-3-30(12)15)18-27-7-13(33-18)17(32)29-14-4-10(19(21,22)23)11(20)5-25-14/h4-7,9,24H,2-3,8H2,1H3,(H,28,31)(H,25,29,32). The van der Waals surface area contributed by atoms with Crippen LogP contribution in [-0.4, -0.2) is 37.9 Å². The Morgan fingerprint density at radius 1 is 1.21 bits per heavy atom. The minimum Gasteiger partial charge on any atom is -0.342 e. The molecule has 0 aromatic carbocycles. The molecule has 0 radical (unpaired) electrons. The summed E-state index contributed by atoms with van der Waals surface area (Å²) >= 11 is 6.55. The highest BCUT2D eigenvalue weighted by atomic mass is 35.5. The average molecular weight is 500 g/mol. The predicted molar refractivity (Wildman–Crippen MR) is 114 cm³/mol. The summed E-state index contributed by atoms with van der Waals surface area (Å²) in [6.07, 6.45) is -1.07. The van der Waals surface area contributed by atoms with E-state index in [2.05, 4.69) is 30.9 Å². The summed E-state index contributed by atoms with van der Waals surface area (Å²) in [5.41, 5.74) is -0.671. The van der Waals surface area contributed by atoms with Crippen molar-refractivity contribution in [1.29, 1.82) is 0 Å². The van der Waals surface area contributed by atoms with Crippen molar-refractivity contribution in [1.82, 2.24) is 30.2 Å². The molecule has 33 heavy (non-hydrogen) atoms. The molecule has 3 aromatic heterocycles. The molecule has 174 valence electrons. The maximum Gasteiger partial charge on any atom is 0.418 e. The number of alkyl halides is 3. The number of anilines is 1. The van der Waals surface area contributed by atoms with Crippen molar-refractivity contribution in [3.8, 4) is 0 Å². The normalized spacial score (nSPS) is 14.5. The van der Waals surface area contributed by atoms with Gasteiger partial charge in [-0.15, -0.1) is 11.3 Å². The van der Waals surface area contributed by atoms with Gasteiger partial charge in [-0.2, -0.15) is 13.2 Å².